The number of ether oxygens (including phenoxy) is 4. The summed E-state index contributed by atoms with van der Waals surface area (Å²) in [6.45, 7) is 0.241. The molecule has 0 heterocycles. The number of rotatable bonds is 5. The van der Waals surface area contributed by atoms with Gasteiger partial charge in [0.1, 0.15) is 0 Å². The fourth-order valence-electron chi connectivity index (χ4n) is 1.10. The summed E-state index contributed by atoms with van der Waals surface area (Å²) in [7, 11) is 4.81. The van der Waals surface area contributed by atoms with Crippen molar-refractivity contribution in [3.63, 3.8) is 0 Å². The molecule has 1 aromatic carbocycles. The predicted molar refractivity (Wildman–Crippen MR) is 57.4 cm³/mol. The van der Waals surface area contributed by atoms with Crippen LogP contribution in [-0.2, 0) is 4.74 Å². The molecule has 1 rings (SSSR count). The van der Waals surface area contributed by atoms with Crippen molar-refractivity contribution in [3.8, 4) is 17.2 Å². The normalized spacial score (nSPS) is 9.87. The maximum atomic E-state index is 5.40. The monoisotopic (exact) mass is 405 g/mol. The van der Waals surface area contributed by atoms with E-state index in [1.807, 2.05) is 12.1 Å². The van der Waals surface area contributed by atoms with Gasteiger partial charge in [-0.05, 0) is 0 Å². The molecule has 4 nitrogen and oxygen atoms in total. The van der Waals surface area contributed by atoms with Crippen molar-refractivity contribution in [2.45, 2.75) is 0 Å². The summed E-state index contributed by atoms with van der Waals surface area (Å²) in [5, 5.41) is 0. The van der Waals surface area contributed by atoms with Gasteiger partial charge < -0.3 is 0 Å². The SMILES string of the molecule is COCOc1cc(OC)c(OC)c[c]1[Pb]. The first-order valence-corrected chi connectivity index (χ1v) is 6.26. The van der Waals surface area contributed by atoms with Gasteiger partial charge in [0.05, 0.1) is 0 Å². The van der Waals surface area contributed by atoms with Crippen LogP contribution in [0.2, 0.25) is 0 Å². The fourth-order valence-corrected chi connectivity index (χ4v) is 2.17. The van der Waals surface area contributed by atoms with Gasteiger partial charge in [0, 0.05) is 0 Å². The molecule has 0 spiro atoms. The van der Waals surface area contributed by atoms with Gasteiger partial charge in [0.25, 0.3) is 0 Å². The second-order valence-electron chi connectivity index (χ2n) is 2.75. The van der Waals surface area contributed by atoms with Crippen molar-refractivity contribution < 1.29 is 18.9 Å². The molecule has 0 aromatic heterocycles. The molecule has 3 radical (unpaired) electrons. The van der Waals surface area contributed by atoms with Crippen LogP contribution in [-0.4, -0.2) is 53.9 Å². The molecule has 0 N–H and O–H groups in total. The molecule has 15 heavy (non-hydrogen) atoms. The van der Waals surface area contributed by atoms with Crippen LogP contribution < -0.4 is 17.3 Å². The number of hydrogen-bond acceptors (Lipinski definition) is 4. The minimum atomic E-state index is 0.241. The molecule has 0 fully saturated rings. The molecule has 0 amide bonds. The van der Waals surface area contributed by atoms with Gasteiger partial charge in [0.15, 0.2) is 0 Å². The molecule has 0 aliphatic rings. The van der Waals surface area contributed by atoms with Gasteiger partial charge in [-0.1, -0.05) is 0 Å². The van der Waals surface area contributed by atoms with E-state index in [2.05, 4.69) is 0 Å². The molecule has 0 bridgehead atoms. The van der Waals surface area contributed by atoms with E-state index >= 15 is 0 Å². The minimum absolute atomic E-state index is 0.241. The molecule has 0 aliphatic heterocycles. The van der Waals surface area contributed by atoms with Crippen LogP contribution in [0.4, 0.5) is 0 Å². The van der Waals surface area contributed by atoms with Gasteiger partial charge in [-0.15, -0.1) is 0 Å². The Morgan fingerprint density at radius 2 is 1.60 bits per heavy atom. The average molecular weight is 404 g/mol. The predicted octanol–water partition coefficient (Wildman–Crippen LogP) is 0.480. The Labute approximate surface area is 105 Å². The summed E-state index contributed by atoms with van der Waals surface area (Å²) < 4.78 is 21.7. The standard InChI is InChI=1S/C10H13O4.Pb/c1-11-7-14-8-4-5-9(12-2)10(6-8)13-3;/h5-6H,7H2,1-3H3;. The zero-order valence-electron chi connectivity index (χ0n) is 8.99. The molecule has 0 unspecified atom stereocenters. The molecule has 0 atom stereocenters. The van der Waals surface area contributed by atoms with E-state index in [4.69, 9.17) is 18.9 Å². The van der Waals surface area contributed by atoms with Gasteiger partial charge in [-0.2, -0.15) is 0 Å². The van der Waals surface area contributed by atoms with Crippen molar-refractivity contribution in [3.05, 3.63) is 12.1 Å². The Hall–Kier alpha value is -0.498. The molecule has 5 heteroatoms. The van der Waals surface area contributed by atoms with Crippen molar-refractivity contribution in [1.29, 1.82) is 0 Å². The van der Waals surface area contributed by atoms with Gasteiger partial charge in [0.2, 0.25) is 0 Å². The Bertz CT molecular complexity index is 327. The van der Waals surface area contributed by atoms with Crippen molar-refractivity contribution >= 4 is 28.9 Å². The third kappa shape index (κ3) is 3.23. The molecular formula is C10H13O4Pb. The Kier molecular flexibility index (Phi) is 5.17. The molecule has 81 valence electrons. The quantitative estimate of drug-likeness (QED) is 0.529. The van der Waals surface area contributed by atoms with Gasteiger partial charge >= 0.3 is 105 Å². The summed E-state index contributed by atoms with van der Waals surface area (Å²) >= 11 is 0.880. The topological polar surface area (TPSA) is 36.9 Å². The van der Waals surface area contributed by atoms with Crippen molar-refractivity contribution in [2.24, 2.45) is 0 Å². The van der Waals surface area contributed by atoms with Crippen LogP contribution in [0.1, 0.15) is 0 Å². The summed E-state index contributed by atoms with van der Waals surface area (Å²) in [6, 6.07) is 3.75. The molecular weight excluding hydrogens is 391 g/mol. The third-order valence-electron chi connectivity index (χ3n) is 1.82. The van der Waals surface area contributed by atoms with Crippen molar-refractivity contribution in [1.82, 2.24) is 0 Å². The number of benzene rings is 1. The average Bonchev–Trinajstić information content (AvgIpc) is 2.27. The van der Waals surface area contributed by atoms with E-state index < -0.39 is 0 Å². The zero-order chi connectivity index (χ0) is 11.3. The molecule has 0 saturated heterocycles. The van der Waals surface area contributed by atoms with E-state index in [1.165, 1.54) is 0 Å². The molecule has 0 aliphatic carbocycles. The maximum absolute atomic E-state index is 5.40. The number of methoxy groups -OCH3 is 3. The molecule has 0 saturated carbocycles. The Balaban J connectivity index is 2.97. The Morgan fingerprint density at radius 1 is 1.00 bits per heavy atom. The van der Waals surface area contributed by atoms with Crippen LogP contribution in [0.5, 0.6) is 17.2 Å². The Morgan fingerprint density at radius 3 is 2.13 bits per heavy atom. The van der Waals surface area contributed by atoms with Crippen molar-refractivity contribution in [2.75, 3.05) is 28.1 Å². The van der Waals surface area contributed by atoms with Crippen LogP contribution in [0, 0.1) is 0 Å². The van der Waals surface area contributed by atoms with E-state index in [1.54, 1.807) is 21.3 Å². The van der Waals surface area contributed by atoms with Crippen LogP contribution in [0.15, 0.2) is 12.1 Å². The third-order valence-corrected chi connectivity index (χ3v) is 3.34. The summed E-state index contributed by atoms with van der Waals surface area (Å²) in [5.41, 5.74) is 0. The summed E-state index contributed by atoms with van der Waals surface area (Å²) in [6.07, 6.45) is 0. The van der Waals surface area contributed by atoms with Crippen LogP contribution in [0.25, 0.3) is 0 Å². The van der Waals surface area contributed by atoms with E-state index in [-0.39, 0.29) is 6.79 Å². The number of hydrogen-bond donors (Lipinski definition) is 0. The van der Waals surface area contributed by atoms with E-state index in [0.717, 1.165) is 40.4 Å². The molecule has 1 aromatic rings. The van der Waals surface area contributed by atoms with Crippen LogP contribution >= 0.6 is 0 Å². The van der Waals surface area contributed by atoms with E-state index in [9.17, 15) is 0 Å². The fraction of sp³-hybridized carbons (Fsp3) is 0.400. The second-order valence-corrected chi connectivity index (χ2v) is 4.85. The first kappa shape index (κ1) is 12.6. The van der Waals surface area contributed by atoms with Gasteiger partial charge in [-0.3, -0.25) is 0 Å². The summed E-state index contributed by atoms with van der Waals surface area (Å²) in [5.74, 6) is 2.19. The summed E-state index contributed by atoms with van der Waals surface area (Å²) in [4.78, 5) is 0. The van der Waals surface area contributed by atoms with E-state index in [0.29, 0.717) is 5.75 Å². The second kappa shape index (κ2) is 6.16. The zero-order valence-corrected chi connectivity index (χ0v) is 12.9. The van der Waals surface area contributed by atoms with Gasteiger partial charge in [-0.25, -0.2) is 0 Å². The van der Waals surface area contributed by atoms with Crippen LogP contribution in [0.3, 0.4) is 0 Å². The first-order valence-electron chi connectivity index (χ1n) is 4.32. The first-order chi connectivity index (χ1) is 7.22.